The summed E-state index contributed by atoms with van der Waals surface area (Å²) in [6.45, 7) is 0. The molecule has 118 valence electrons. The van der Waals surface area contributed by atoms with Crippen molar-refractivity contribution in [2.24, 2.45) is 0 Å². The lowest BCUT2D eigenvalue weighted by Crippen LogP contribution is -2.27. The summed E-state index contributed by atoms with van der Waals surface area (Å²) in [7, 11) is -1.30. The Kier molecular flexibility index (Phi) is 4.18. The molecule has 6 heteroatoms. The molecule has 0 unspecified atom stereocenters. The van der Waals surface area contributed by atoms with E-state index in [9.17, 15) is 9.36 Å². The largest absolute Gasteiger partial charge is 0.422 e. The van der Waals surface area contributed by atoms with Crippen LogP contribution in [0.25, 0.3) is 22.1 Å². The highest BCUT2D eigenvalue weighted by Gasteiger charge is 2.34. The minimum atomic E-state index is -3.78. The first-order valence-corrected chi connectivity index (χ1v) is 8.48. The van der Waals surface area contributed by atoms with Crippen LogP contribution in [0.5, 0.6) is 0 Å². The summed E-state index contributed by atoms with van der Waals surface area (Å²) >= 11 is 0. The zero-order chi connectivity index (χ0) is 16.4. The van der Waals surface area contributed by atoms with Gasteiger partial charge < -0.3 is 13.5 Å². The van der Waals surface area contributed by atoms with Gasteiger partial charge in [-0.1, -0.05) is 48.5 Å². The molecule has 0 saturated carbocycles. The van der Waals surface area contributed by atoms with Crippen LogP contribution in [-0.2, 0) is 13.6 Å². The molecular weight excluding hydrogens is 315 g/mol. The number of para-hydroxylation sites is 1. The summed E-state index contributed by atoms with van der Waals surface area (Å²) in [6, 6.07) is 16.3. The highest BCUT2D eigenvalue weighted by atomic mass is 31.2. The summed E-state index contributed by atoms with van der Waals surface area (Å²) in [6.07, 6.45) is 0. The fourth-order valence-corrected chi connectivity index (χ4v) is 3.85. The average molecular weight is 330 g/mol. The molecule has 0 fully saturated rings. The first-order valence-electron chi connectivity index (χ1n) is 6.94. The van der Waals surface area contributed by atoms with Crippen LogP contribution in [0, 0.1) is 0 Å². The third-order valence-corrected chi connectivity index (χ3v) is 5.52. The monoisotopic (exact) mass is 330 g/mol. The highest BCUT2D eigenvalue weighted by Crippen LogP contribution is 2.47. The molecule has 0 aliphatic rings. The Hall–Kier alpha value is -2.20. The van der Waals surface area contributed by atoms with Gasteiger partial charge in [-0.25, -0.2) is 4.79 Å². The smallest absolute Gasteiger partial charge is 0.368 e. The van der Waals surface area contributed by atoms with Crippen LogP contribution in [0.15, 0.2) is 63.8 Å². The van der Waals surface area contributed by atoms with E-state index >= 15 is 0 Å². The highest BCUT2D eigenvalue weighted by molar-refractivity contribution is 7.62. The first-order chi connectivity index (χ1) is 11.1. The molecule has 0 aliphatic heterocycles. The minimum Gasteiger partial charge on any atom is -0.422 e. The zero-order valence-electron chi connectivity index (χ0n) is 12.7. The number of fused-ring (bicyclic) bond motifs is 1. The van der Waals surface area contributed by atoms with E-state index in [1.165, 1.54) is 14.2 Å². The van der Waals surface area contributed by atoms with Gasteiger partial charge in [0.05, 0.1) is 0 Å². The molecule has 2 aromatic carbocycles. The third kappa shape index (κ3) is 2.63. The van der Waals surface area contributed by atoms with Crippen LogP contribution >= 0.6 is 7.60 Å². The molecule has 0 saturated heterocycles. The maximum Gasteiger partial charge on any atom is 0.368 e. The fourth-order valence-electron chi connectivity index (χ4n) is 2.54. The molecule has 0 N–H and O–H groups in total. The van der Waals surface area contributed by atoms with Crippen molar-refractivity contribution in [3.8, 4) is 11.1 Å². The van der Waals surface area contributed by atoms with E-state index in [-0.39, 0.29) is 5.30 Å². The second-order valence-electron chi connectivity index (χ2n) is 4.84. The van der Waals surface area contributed by atoms with Crippen LogP contribution in [0.4, 0.5) is 0 Å². The van der Waals surface area contributed by atoms with Crippen molar-refractivity contribution >= 4 is 23.9 Å². The van der Waals surface area contributed by atoms with Gasteiger partial charge in [0, 0.05) is 25.2 Å². The standard InChI is InChI=1S/C17H15O5P/c1-20-23(19,21-2)16-15(12-8-4-3-5-9-12)13-10-6-7-11-14(13)22-17(16)18/h3-11H,1-2H3. The lowest BCUT2D eigenvalue weighted by Gasteiger charge is -2.17. The van der Waals surface area contributed by atoms with Crippen molar-refractivity contribution in [2.75, 3.05) is 14.2 Å². The summed E-state index contributed by atoms with van der Waals surface area (Å²) in [5.41, 5.74) is 0.929. The first kappa shape index (κ1) is 15.7. The Bertz CT molecular complexity index is 938. The maximum atomic E-state index is 12.9. The second kappa shape index (κ2) is 6.13. The van der Waals surface area contributed by atoms with E-state index in [2.05, 4.69) is 0 Å². The predicted octanol–water partition coefficient (Wildman–Crippen LogP) is 3.57. The molecule has 0 spiro atoms. The third-order valence-electron chi connectivity index (χ3n) is 3.61. The van der Waals surface area contributed by atoms with E-state index in [1.807, 2.05) is 36.4 Å². The van der Waals surface area contributed by atoms with Gasteiger partial charge in [-0.3, -0.25) is 4.57 Å². The Morgan fingerprint density at radius 2 is 1.52 bits per heavy atom. The lowest BCUT2D eigenvalue weighted by atomic mass is 10.0. The molecule has 23 heavy (non-hydrogen) atoms. The number of hydrogen-bond donors (Lipinski definition) is 0. The van der Waals surface area contributed by atoms with E-state index in [0.29, 0.717) is 16.5 Å². The molecule has 0 radical (unpaired) electrons. The van der Waals surface area contributed by atoms with Crippen molar-refractivity contribution in [3.05, 3.63) is 65.0 Å². The number of rotatable bonds is 4. The second-order valence-corrected chi connectivity index (χ2v) is 7.01. The van der Waals surface area contributed by atoms with Crippen molar-refractivity contribution in [1.82, 2.24) is 0 Å². The van der Waals surface area contributed by atoms with Crippen molar-refractivity contribution < 1.29 is 18.0 Å². The Morgan fingerprint density at radius 1 is 0.913 bits per heavy atom. The molecule has 3 aromatic rings. The van der Waals surface area contributed by atoms with Crippen LogP contribution < -0.4 is 10.9 Å². The van der Waals surface area contributed by atoms with Crippen LogP contribution in [0.2, 0.25) is 0 Å². The topological polar surface area (TPSA) is 65.7 Å². The van der Waals surface area contributed by atoms with Crippen molar-refractivity contribution in [1.29, 1.82) is 0 Å². The van der Waals surface area contributed by atoms with Crippen molar-refractivity contribution in [2.45, 2.75) is 0 Å². The van der Waals surface area contributed by atoms with Gasteiger partial charge in [0.25, 0.3) is 0 Å². The van der Waals surface area contributed by atoms with Crippen LogP contribution in [0.1, 0.15) is 0 Å². The molecule has 1 aromatic heterocycles. The van der Waals surface area contributed by atoms with E-state index in [1.54, 1.807) is 18.2 Å². The average Bonchev–Trinajstić information content (AvgIpc) is 2.60. The zero-order valence-corrected chi connectivity index (χ0v) is 13.6. The van der Waals surface area contributed by atoms with Gasteiger partial charge in [0.1, 0.15) is 5.58 Å². The molecule has 0 atom stereocenters. The maximum absolute atomic E-state index is 12.9. The SMILES string of the molecule is COP(=O)(OC)c1c(-c2ccccc2)c2ccccc2oc1=O. The molecule has 3 rings (SSSR count). The quantitative estimate of drug-likeness (QED) is 0.540. The predicted molar refractivity (Wildman–Crippen MR) is 89.2 cm³/mol. The van der Waals surface area contributed by atoms with Gasteiger partial charge >= 0.3 is 13.2 Å². The molecule has 0 amide bonds. The lowest BCUT2D eigenvalue weighted by molar-refractivity contribution is 0.286. The molecule has 1 heterocycles. The minimum absolute atomic E-state index is 0.0904. The van der Waals surface area contributed by atoms with Gasteiger partial charge in [-0.2, -0.15) is 0 Å². The summed E-state index contributed by atoms with van der Waals surface area (Å²) in [5.74, 6) is 0. The van der Waals surface area contributed by atoms with Gasteiger partial charge in [0.2, 0.25) is 0 Å². The van der Waals surface area contributed by atoms with Crippen molar-refractivity contribution in [3.63, 3.8) is 0 Å². The molecular formula is C17H15O5P. The van der Waals surface area contributed by atoms with E-state index in [4.69, 9.17) is 13.5 Å². The Morgan fingerprint density at radius 3 is 2.17 bits per heavy atom. The van der Waals surface area contributed by atoms with E-state index < -0.39 is 13.2 Å². The van der Waals surface area contributed by atoms with Gasteiger partial charge in [-0.15, -0.1) is 0 Å². The fraction of sp³-hybridized carbons (Fsp3) is 0.118. The van der Waals surface area contributed by atoms with Crippen LogP contribution in [-0.4, -0.2) is 14.2 Å². The Balaban J connectivity index is 2.52. The van der Waals surface area contributed by atoms with E-state index in [0.717, 1.165) is 5.56 Å². The summed E-state index contributed by atoms with van der Waals surface area (Å²) in [4.78, 5) is 12.5. The molecule has 5 nitrogen and oxygen atoms in total. The number of hydrogen-bond acceptors (Lipinski definition) is 5. The van der Waals surface area contributed by atoms with Gasteiger partial charge in [-0.05, 0) is 11.6 Å². The normalized spacial score (nSPS) is 11.7. The van der Waals surface area contributed by atoms with Gasteiger partial charge in [0.15, 0.2) is 5.30 Å². The summed E-state index contributed by atoms with van der Waals surface area (Å²) < 4.78 is 28.3. The Labute approximate surface area is 133 Å². The molecule has 0 aliphatic carbocycles. The summed E-state index contributed by atoms with van der Waals surface area (Å²) in [5, 5.41) is 0.579. The van der Waals surface area contributed by atoms with Crippen LogP contribution in [0.3, 0.4) is 0 Å². The molecule has 0 bridgehead atoms. The number of benzene rings is 2.